The number of nitrogens with one attached hydrogen (secondary N) is 2. The number of benzene rings is 1. The van der Waals surface area contributed by atoms with Crippen LogP contribution in [0, 0.1) is 13.8 Å². The zero-order valence-corrected chi connectivity index (χ0v) is 10.3. The summed E-state index contributed by atoms with van der Waals surface area (Å²) >= 11 is 0. The highest BCUT2D eigenvalue weighted by Crippen LogP contribution is 2.01. The molecule has 0 aliphatic rings. The topological polar surface area (TPSA) is 70.1 Å². The third-order valence-corrected chi connectivity index (χ3v) is 2.30. The molecule has 0 spiro atoms. The predicted octanol–water partition coefficient (Wildman–Crippen LogP) is 1.83. The molecular formula is C13H14N4O. The van der Waals surface area contributed by atoms with Crippen LogP contribution in [0.15, 0.2) is 40.2 Å². The summed E-state index contributed by atoms with van der Waals surface area (Å²) in [5, 5.41) is 4.03. The Morgan fingerprint density at radius 2 is 2.17 bits per heavy atom. The van der Waals surface area contributed by atoms with Crippen LogP contribution in [0.4, 0.5) is 5.95 Å². The second-order valence-corrected chi connectivity index (χ2v) is 4.02. The largest absolute Gasteiger partial charge is 0.291 e. The summed E-state index contributed by atoms with van der Waals surface area (Å²) in [5.41, 5.74) is 5.30. The Morgan fingerprint density at radius 1 is 1.33 bits per heavy atom. The minimum absolute atomic E-state index is 0.198. The van der Waals surface area contributed by atoms with E-state index in [1.54, 1.807) is 13.1 Å². The Balaban J connectivity index is 2.09. The van der Waals surface area contributed by atoms with Gasteiger partial charge in [-0.15, -0.1) is 0 Å². The molecule has 0 saturated heterocycles. The van der Waals surface area contributed by atoms with Crippen molar-refractivity contribution < 1.29 is 0 Å². The van der Waals surface area contributed by atoms with Gasteiger partial charge >= 0.3 is 0 Å². The van der Waals surface area contributed by atoms with E-state index in [4.69, 9.17) is 0 Å². The van der Waals surface area contributed by atoms with Crippen LogP contribution >= 0.6 is 0 Å². The zero-order valence-electron chi connectivity index (χ0n) is 10.3. The highest BCUT2D eigenvalue weighted by atomic mass is 16.1. The number of hydrogen-bond donors (Lipinski definition) is 2. The number of hydrazone groups is 1. The number of hydrogen-bond acceptors (Lipinski definition) is 4. The molecule has 0 atom stereocenters. The van der Waals surface area contributed by atoms with Crippen LogP contribution in [0.25, 0.3) is 0 Å². The molecule has 1 aromatic heterocycles. The first kappa shape index (κ1) is 12.0. The Hall–Kier alpha value is -2.43. The zero-order chi connectivity index (χ0) is 13.0. The molecule has 0 aliphatic heterocycles. The molecule has 2 rings (SSSR count). The van der Waals surface area contributed by atoms with E-state index < -0.39 is 0 Å². The van der Waals surface area contributed by atoms with Crippen molar-refractivity contribution in [2.45, 2.75) is 13.8 Å². The number of aromatic nitrogens is 2. The van der Waals surface area contributed by atoms with Crippen molar-refractivity contribution in [1.82, 2.24) is 9.97 Å². The second kappa shape index (κ2) is 5.27. The molecule has 0 radical (unpaired) electrons. The van der Waals surface area contributed by atoms with Crippen molar-refractivity contribution >= 4 is 12.2 Å². The average molecular weight is 242 g/mol. The van der Waals surface area contributed by atoms with E-state index in [1.807, 2.05) is 31.2 Å². The first-order valence-electron chi connectivity index (χ1n) is 5.57. The summed E-state index contributed by atoms with van der Waals surface area (Å²) in [4.78, 5) is 17.9. The van der Waals surface area contributed by atoms with Gasteiger partial charge < -0.3 is 0 Å². The molecule has 5 heteroatoms. The highest BCUT2D eigenvalue weighted by Gasteiger charge is 1.95. The first-order valence-corrected chi connectivity index (χ1v) is 5.57. The van der Waals surface area contributed by atoms with Crippen molar-refractivity contribution in [3.05, 3.63) is 57.5 Å². The van der Waals surface area contributed by atoms with Crippen molar-refractivity contribution in [3.8, 4) is 0 Å². The molecular weight excluding hydrogens is 228 g/mol. The standard InChI is InChI=1S/C13H14N4O/c1-9-4-3-5-11(6-9)8-14-17-13-15-10(2)7-12(18)16-13/h3-8H,1-2H3,(H2,15,16,17,18)/b14-8+. The van der Waals surface area contributed by atoms with Gasteiger partial charge in [-0.1, -0.05) is 29.8 Å². The molecule has 2 N–H and O–H groups in total. The molecule has 0 unspecified atom stereocenters. The average Bonchev–Trinajstić information content (AvgIpc) is 2.27. The van der Waals surface area contributed by atoms with E-state index in [-0.39, 0.29) is 5.56 Å². The van der Waals surface area contributed by atoms with Gasteiger partial charge in [-0.2, -0.15) is 5.10 Å². The van der Waals surface area contributed by atoms with Crippen LogP contribution in [0.3, 0.4) is 0 Å². The normalized spacial score (nSPS) is 10.8. The molecule has 1 aromatic carbocycles. The van der Waals surface area contributed by atoms with Crippen LogP contribution in [-0.2, 0) is 0 Å². The van der Waals surface area contributed by atoms with Crippen molar-refractivity contribution in [3.63, 3.8) is 0 Å². The van der Waals surface area contributed by atoms with Crippen molar-refractivity contribution in [2.75, 3.05) is 5.43 Å². The number of anilines is 1. The fourth-order valence-corrected chi connectivity index (χ4v) is 1.55. The summed E-state index contributed by atoms with van der Waals surface area (Å²) in [7, 11) is 0. The van der Waals surface area contributed by atoms with Crippen LogP contribution in [0.5, 0.6) is 0 Å². The lowest BCUT2D eigenvalue weighted by atomic mass is 10.2. The SMILES string of the molecule is Cc1cccc(/C=N/Nc2nc(C)cc(=O)[nH]2)c1. The molecule has 0 saturated carbocycles. The van der Waals surface area contributed by atoms with Gasteiger partial charge in [0.15, 0.2) is 0 Å². The quantitative estimate of drug-likeness (QED) is 0.637. The van der Waals surface area contributed by atoms with Crippen LogP contribution in [0.2, 0.25) is 0 Å². The predicted molar refractivity (Wildman–Crippen MR) is 72.0 cm³/mol. The second-order valence-electron chi connectivity index (χ2n) is 4.02. The van der Waals surface area contributed by atoms with E-state index >= 15 is 0 Å². The Morgan fingerprint density at radius 3 is 2.89 bits per heavy atom. The Labute approximate surface area is 105 Å². The van der Waals surface area contributed by atoms with Crippen molar-refractivity contribution in [2.24, 2.45) is 5.10 Å². The number of nitrogens with zero attached hydrogens (tertiary/aromatic N) is 2. The molecule has 1 heterocycles. The van der Waals surface area contributed by atoms with Crippen molar-refractivity contribution in [1.29, 1.82) is 0 Å². The maximum atomic E-state index is 11.2. The molecule has 0 aliphatic carbocycles. The maximum Gasteiger partial charge on any atom is 0.252 e. The maximum absolute atomic E-state index is 11.2. The molecule has 18 heavy (non-hydrogen) atoms. The Kier molecular flexibility index (Phi) is 3.52. The molecule has 5 nitrogen and oxygen atoms in total. The fourth-order valence-electron chi connectivity index (χ4n) is 1.55. The molecule has 0 bridgehead atoms. The molecule has 2 aromatic rings. The summed E-state index contributed by atoms with van der Waals surface area (Å²) in [6, 6.07) is 9.37. The number of H-pyrrole nitrogens is 1. The van der Waals surface area contributed by atoms with Crippen LogP contribution in [-0.4, -0.2) is 16.2 Å². The Bertz CT molecular complexity index is 631. The van der Waals surface area contributed by atoms with Crippen LogP contribution < -0.4 is 11.0 Å². The summed E-state index contributed by atoms with van der Waals surface area (Å²) < 4.78 is 0. The third-order valence-electron chi connectivity index (χ3n) is 2.30. The lowest BCUT2D eigenvalue weighted by molar-refractivity contribution is 1.04. The smallest absolute Gasteiger partial charge is 0.252 e. The lowest BCUT2D eigenvalue weighted by Crippen LogP contribution is -2.10. The summed E-state index contributed by atoms with van der Waals surface area (Å²) in [6.45, 7) is 3.77. The van der Waals surface area contributed by atoms with Crippen LogP contribution in [0.1, 0.15) is 16.8 Å². The first-order chi connectivity index (χ1) is 8.63. The van der Waals surface area contributed by atoms with Gasteiger partial charge in [-0.05, 0) is 19.4 Å². The van der Waals surface area contributed by atoms with Gasteiger partial charge in [-0.3, -0.25) is 9.78 Å². The fraction of sp³-hybridized carbons (Fsp3) is 0.154. The molecule has 92 valence electrons. The van der Waals surface area contributed by atoms with E-state index in [1.165, 1.54) is 11.6 Å². The number of aryl methyl sites for hydroxylation is 2. The van der Waals surface area contributed by atoms with Gasteiger partial charge in [0.1, 0.15) is 0 Å². The third kappa shape index (κ3) is 3.28. The minimum Gasteiger partial charge on any atom is -0.291 e. The monoisotopic (exact) mass is 242 g/mol. The van der Waals surface area contributed by atoms with Gasteiger partial charge in [0.2, 0.25) is 5.95 Å². The highest BCUT2D eigenvalue weighted by molar-refractivity contribution is 5.80. The van der Waals surface area contributed by atoms with E-state index in [2.05, 4.69) is 20.5 Å². The lowest BCUT2D eigenvalue weighted by Gasteiger charge is -2.00. The van der Waals surface area contributed by atoms with E-state index in [0.29, 0.717) is 11.6 Å². The van der Waals surface area contributed by atoms with E-state index in [0.717, 1.165) is 5.56 Å². The molecule has 0 fully saturated rings. The van der Waals surface area contributed by atoms with Gasteiger partial charge in [0.25, 0.3) is 5.56 Å². The number of rotatable bonds is 3. The minimum atomic E-state index is -0.198. The summed E-state index contributed by atoms with van der Waals surface area (Å²) in [5.74, 6) is 0.337. The van der Waals surface area contributed by atoms with E-state index in [9.17, 15) is 4.79 Å². The van der Waals surface area contributed by atoms with Gasteiger partial charge in [0, 0.05) is 11.8 Å². The summed E-state index contributed by atoms with van der Waals surface area (Å²) in [6.07, 6.45) is 1.68. The molecule has 0 amide bonds. The number of aromatic amines is 1. The van der Waals surface area contributed by atoms with Gasteiger partial charge in [0.05, 0.1) is 6.21 Å². The van der Waals surface area contributed by atoms with Gasteiger partial charge in [-0.25, -0.2) is 10.4 Å².